The second-order valence-corrected chi connectivity index (χ2v) is 8.13. The Morgan fingerprint density at radius 2 is 1.48 bits per heavy atom. The van der Waals surface area contributed by atoms with Crippen LogP contribution in [0.1, 0.15) is 60.7 Å². The van der Waals surface area contributed by atoms with E-state index >= 15 is 0 Å². The van der Waals surface area contributed by atoms with Crippen molar-refractivity contribution >= 4 is 11.7 Å². The van der Waals surface area contributed by atoms with Gasteiger partial charge in [-0.2, -0.15) is 0 Å². The Morgan fingerprint density at radius 3 is 1.97 bits per heavy atom. The van der Waals surface area contributed by atoms with E-state index in [0.717, 1.165) is 23.5 Å². The minimum absolute atomic E-state index is 0.340. The lowest BCUT2D eigenvalue weighted by atomic mass is 10.0. The quantitative estimate of drug-likeness (QED) is 0.543. The fraction of sp³-hybridized carbons (Fsp3) is 0.385. The van der Waals surface area contributed by atoms with Crippen molar-refractivity contribution in [1.29, 1.82) is 0 Å². The molecule has 0 saturated heterocycles. The number of benzene rings is 2. The van der Waals surface area contributed by atoms with Gasteiger partial charge < -0.3 is 15.5 Å². The van der Waals surface area contributed by atoms with Gasteiger partial charge in [-0.25, -0.2) is 0 Å². The summed E-state index contributed by atoms with van der Waals surface area (Å²) < 4.78 is 0. The zero-order chi connectivity index (χ0) is 22.8. The summed E-state index contributed by atoms with van der Waals surface area (Å²) in [6, 6.07) is 13.8. The van der Waals surface area contributed by atoms with Crippen LogP contribution in [-0.2, 0) is 11.2 Å². The Labute approximate surface area is 184 Å². The summed E-state index contributed by atoms with van der Waals surface area (Å²) in [7, 11) is 0. The third kappa shape index (κ3) is 8.01. The zero-order valence-electron chi connectivity index (χ0n) is 18.4. The smallest absolute Gasteiger partial charge is 0.251 e. The first kappa shape index (κ1) is 24.3. The summed E-state index contributed by atoms with van der Waals surface area (Å²) in [6.07, 6.45) is 2.40. The normalized spacial score (nSPS) is 12.6. The van der Waals surface area contributed by atoms with Crippen molar-refractivity contribution in [1.82, 2.24) is 5.32 Å². The van der Waals surface area contributed by atoms with Crippen molar-refractivity contribution in [2.24, 2.45) is 5.92 Å². The van der Waals surface area contributed by atoms with Gasteiger partial charge in [0.05, 0.1) is 6.10 Å². The molecule has 164 valence electrons. The maximum Gasteiger partial charge on any atom is 0.251 e. The van der Waals surface area contributed by atoms with Crippen LogP contribution < -0.4 is 5.32 Å². The first-order valence-corrected chi connectivity index (χ1v) is 10.6. The first-order chi connectivity index (χ1) is 14.8. The van der Waals surface area contributed by atoms with Crippen LogP contribution in [0.4, 0.5) is 0 Å². The molecular formula is C26H31NO4. The van der Waals surface area contributed by atoms with E-state index in [0.29, 0.717) is 5.56 Å². The van der Waals surface area contributed by atoms with Crippen molar-refractivity contribution in [2.75, 3.05) is 6.61 Å². The van der Waals surface area contributed by atoms with Gasteiger partial charge in [-0.05, 0) is 67.6 Å². The number of ketones is 1. The van der Waals surface area contributed by atoms with Gasteiger partial charge in [0, 0.05) is 16.7 Å². The number of carbonyl (C=O) groups is 2. The second-order valence-electron chi connectivity index (χ2n) is 8.13. The van der Waals surface area contributed by atoms with Gasteiger partial charge in [0.1, 0.15) is 12.6 Å². The summed E-state index contributed by atoms with van der Waals surface area (Å²) in [5.74, 6) is 5.79. The molecule has 2 aromatic carbocycles. The number of amides is 1. The molecule has 2 rings (SSSR count). The standard InChI is InChI=1S/C26H31NO4/c1-18(2)5-4-6-20-7-9-21(10-8-20)11-12-22-13-15-23(16-14-22)26(31)27-25(19(3)29)24(30)17-28/h7-10,13-16,18-19,25,28-29H,4-6,17H2,1-3H3,(H,27,31)/t19-,25+/m1/s1. The highest BCUT2D eigenvalue weighted by Crippen LogP contribution is 2.11. The molecule has 31 heavy (non-hydrogen) atoms. The predicted molar refractivity (Wildman–Crippen MR) is 122 cm³/mol. The van der Waals surface area contributed by atoms with E-state index in [1.165, 1.54) is 25.3 Å². The Kier molecular flexibility index (Phi) is 9.45. The van der Waals surface area contributed by atoms with Gasteiger partial charge in [0.2, 0.25) is 0 Å². The zero-order valence-corrected chi connectivity index (χ0v) is 18.4. The molecule has 5 nitrogen and oxygen atoms in total. The predicted octanol–water partition coefficient (Wildman–Crippen LogP) is 3.11. The highest BCUT2D eigenvalue weighted by atomic mass is 16.3. The van der Waals surface area contributed by atoms with Crippen molar-refractivity contribution < 1.29 is 19.8 Å². The molecule has 0 bridgehead atoms. The minimum atomic E-state index is -1.15. The average Bonchev–Trinajstić information content (AvgIpc) is 2.76. The molecule has 5 heteroatoms. The van der Waals surface area contributed by atoms with Gasteiger partial charge in [-0.3, -0.25) is 9.59 Å². The molecule has 0 spiro atoms. The monoisotopic (exact) mass is 421 g/mol. The maximum atomic E-state index is 12.3. The number of rotatable bonds is 9. The molecule has 0 aromatic heterocycles. The maximum absolute atomic E-state index is 12.3. The third-order valence-corrected chi connectivity index (χ3v) is 4.97. The molecule has 0 saturated carbocycles. The molecule has 1 amide bonds. The molecule has 0 aliphatic heterocycles. The first-order valence-electron chi connectivity index (χ1n) is 10.6. The van der Waals surface area contributed by atoms with E-state index in [9.17, 15) is 14.7 Å². The second kappa shape index (κ2) is 12.0. The van der Waals surface area contributed by atoms with E-state index in [1.54, 1.807) is 24.3 Å². The molecule has 3 N–H and O–H groups in total. The molecule has 0 aliphatic rings. The van der Waals surface area contributed by atoms with Crippen LogP contribution in [0.15, 0.2) is 48.5 Å². The number of aliphatic hydroxyl groups is 2. The fourth-order valence-corrected chi connectivity index (χ4v) is 3.11. The number of hydrogen-bond acceptors (Lipinski definition) is 4. The van der Waals surface area contributed by atoms with E-state index in [-0.39, 0.29) is 0 Å². The van der Waals surface area contributed by atoms with Crippen LogP contribution in [0.3, 0.4) is 0 Å². The lowest BCUT2D eigenvalue weighted by Gasteiger charge is -2.19. The van der Waals surface area contributed by atoms with Crippen molar-refractivity contribution in [3.05, 3.63) is 70.8 Å². The Hall–Kier alpha value is -2.94. The summed E-state index contributed by atoms with van der Waals surface area (Å²) in [6.45, 7) is 5.11. The minimum Gasteiger partial charge on any atom is -0.391 e. The molecule has 2 aromatic rings. The number of carbonyl (C=O) groups excluding carboxylic acids is 2. The number of aryl methyl sites for hydroxylation is 1. The van der Waals surface area contributed by atoms with E-state index in [2.05, 4.69) is 43.1 Å². The summed E-state index contributed by atoms with van der Waals surface area (Å²) in [5, 5.41) is 21.1. The number of aliphatic hydroxyl groups excluding tert-OH is 2. The number of Topliss-reactive ketones (excluding diaryl/α,β-unsaturated/α-hetero) is 1. The Bertz CT molecular complexity index is 919. The number of nitrogens with one attached hydrogen (secondary N) is 1. The van der Waals surface area contributed by atoms with Gasteiger partial charge in [0.25, 0.3) is 5.91 Å². The highest BCUT2D eigenvalue weighted by molar-refractivity contribution is 5.98. The summed E-state index contributed by atoms with van der Waals surface area (Å²) in [4.78, 5) is 24.0. The van der Waals surface area contributed by atoms with Gasteiger partial charge in [0.15, 0.2) is 5.78 Å². The van der Waals surface area contributed by atoms with Gasteiger partial charge in [-0.15, -0.1) is 0 Å². The largest absolute Gasteiger partial charge is 0.391 e. The van der Waals surface area contributed by atoms with Crippen LogP contribution in [0.5, 0.6) is 0 Å². The molecule has 0 fully saturated rings. The number of hydrogen-bond donors (Lipinski definition) is 3. The lowest BCUT2D eigenvalue weighted by molar-refractivity contribution is -0.125. The van der Waals surface area contributed by atoms with Crippen LogP contribution >= 0.6 is 0 Å². The van der Waals surface area contributed by atoms with E-state index < -0.39 is 30.4 Å². The molecule has 2 atom stereocenters. The van der Waals surface area contributed by atoms with Crippen LogP contribution in [-0.4, -0.2) is 40.7 Å². The Balaban J connectivity index is 1.97. The topological polar surface area (TPSA) is 86.6 Å². The molecule has 0 radical (unpaired) electrons. The summed E-state index contributed by atoms with van der Waals surface area (Å²) >= 11 is 0. The average molecular weight is 422 g/mol. The van der Waals surface area contributed by atoms with Gasteiger partial charge >= 0.3 is 0 Å². The SMILES string of the molecule is CC(C)CCCc1ccc(C#Cc2ccc(C(=O)N[C@H](C(=O)CO)[C@@H](C)O)cc2)cc1. The van der Waals surface area contributed by atoms with Crippen molar-refractivity contribution in [2.45, 2.75) is 52.2 Å². The van der Waals surface area contributed by atoms with Crippen molar-refractivity contribution in [3.8, 4) is 11.8 Å². The van der Waals surface area contributed by atoms with Gasteiger partial charge in [-0.1, -0.05) is 44.2 Å². The highest BCUT2D eigenvalue weighted by Gasteiger charge is 2.25. The fourth-order valence-electron chi connectivity index (χ4n) is 3.11. The van der Waals surface area contributed by atoms with Crippen LogP contribution in [0.2, 0.25) is 0 Å². The third-order valence-electron chi connectivity index (χ3n) is 4.97. The molecule has 0 aliphatic carbocycles. The van der Waals surface area contributed by atoms with Crippen LogP contribution in [0, 0.1) is 17.8 Å². The molecule has 0 heterocycles. The molecule has 0 unspecified atom stereocenters. The van der Waals surface area contributed by atoms with E-state index in [1.807, 2.05) is 12.1 Å². The van der Waals surface area contributed by atoms with Crippen LogP contribution in [0.25, 0.3) is 0 Å². The van der Waals surface area contributed by atoms with Crippen molar-refractivity contribution in [3.63, 3.8) is 0 Å². The van der Waals surface area contributed by atoms with E-state index in [4.69, 9.17) is 5.11 Å². The summed E-state index contributed by atoms with van der Waals surface area (Å²) in [5.41, 5.74) is 3.34. The Morgan fingerprint density at radius 1 is 0.935 bits per heavy atom. The molecular weight excluding hydrogens is 390 g/mol. The lowest BCUT2D eigenvalue weighted by Crippen LogP contribution is -2.48.